The first-order valence-electron chi connectivity index (χ1n) is 8.53. The molecule has 0 aliphatic heterocycles. The fraction of sp³-hybridized carbons (Fsp3) is 0.118. The van der Waals surface area contributed by atoms with E-state index < -0.39 is 23.2 Å². The van der Waals surface area contributed by atoms with Crippen LogP contribution in [0.2, 0.25) is 5.02 Å². The fourth-order valence-electron chi connectivity index (χ4n) is 2.99. The number of nitrogen functional groups attached to an aromatic ring is 2. The highest BCUT2D eigenvalue weighted by atomic mass is 35.5. The summed E-state index contributed by atoms with van der Waals surface area (Å²) < 4.78 is 29.2. The lowest BCUT2D eigenvalue weighted by Gasteiger charge is -2.19. The Hall–Kier alpha value is -3.80. The summed E-state index contributed by atoms with van der Waals surface area (Å²) in [6, 6.07) is 2.35. The van der Waals surface area contributed by atoms with E-state index in [9.17, 15) is 13.6 Å². The number of fused-ring (bicyclic) bond motifs is 1. The Labute approximate surface area is 171 Å². The Morgan fingerprint density at radius 2 is 2.00 bits per heavy atom. The number of nitrogens with one attached hydrogen (secondary N) is 2. The van der Waals surface area contributed by atoms with E-state index in [0.717, 1.165) is 10.6 Å². The van der Waals surface area contributed by atoms with E-state index in [4.69, 9.17) is 23.1 Å². The predicted molar refractivity (Wildman–Crippen MR) is 107 cm³/mol. The van der Waals surface area contributed by atoms with Gasteiger partial charge in [0.15, 0.2) is 11.6 Å². The molecule has 10 nitrogen and oxygen atoms in total. The van der Waals surface area contributed by atoms with Gasteiger partial charge in [0.05, 0.1) is 11.6 Å². The number of benzene rings is 1. The molecule has 4 aromatic rings. The molecular weight excluding hydrogens is 420 g/mol. The summed E-state index contributed by atoms with van der Waals surface area (Å²) in [6.45, 7) is 1.64. The fourth-order valence-corrected chi connectivity index (χ4v) is 3.12. The lowest BCUT2D eigenvalue weighted by Crippen LogP contribution is -2.28. The molecule has 6 N–H and O–H groups in total. The largest absolute Gasteiger partial charge is 0.382 e. The van der Waals surface area contributed by atoms with E-state index >= 15 is 0 Å². The summed E-state index contributed by atoms with van der Waals surface area (Å²) in [5, 5.41) is 9.15. The van der Waals surface area contributed by atoms with Crippen molar-refractivity contribution in [1.82, 2.24) is 29.7 Å². The molecule has 13 heteroatoms. The van der Waals surface area contributed by atoms with Gasteiger partial charge in [0.25, 0.3) is 5.56 Å². The van der Waals surface area contributed by atoms with Crippen LogP contribution in [0.4, 0.5) is 26.4 Å². The molecule has 0 aliphatic carbocycles. The number of rotatable bonds is 4. The Kier molecular flexibility index (Phi) is 4.70. The number of anilines is 3. The number of aromatic nitrogens is 6. The molecule has 1 aromatic carbocycles. The van der Waals surface area contributed by atoms with Gasteiger partial charge in [-0.3, -0.25) is 9.89 Å². The Balaban J connectivity index is 1.93. The third-order valence-corrected chi connectivity index (χ3v) is 4.64. The van der Waals surface area contributed by atoms with Crippen LogP contribution in [0, 0.1) is 11.6 Å². The quantitative estimate of drug-likeness (QED) is 0.382. The zero-order chi connectivity index (χ0) is 21.6. The molecule has 4 rings (SSSR count). The zero-order valence-electron chi connectivity index (χ0n) is 15.3. The van der Waals surface area contributed by atoms with Crippen LogP contribution in [0.3, 0.4) is 0 Å². The van der Waals surface area contributed by atoms with Crippen LogP contribution in [-0.2, 0) is 0 Å². The van der Waals surface area contributed by atoms with Crippen LogP contribution in [0.15, 0.2) is 29.2 Å². The molecule has 30 heavy (non-hydrogen) atoms. The van der Waals surface area contributed by atoms with Crippen molar-refractivity contribution in [1.29, 1.82) is 0 Å². The Morgan fingerprint density at radius 3 is 2.70 bits per heavy atom. The Morgan fingerprint density at radius 1 is 1.23 bits per heavy atom. The van der Waals surface area contributed by atoms with Crippen LogP contribution >= 0.6 is 11.6 Å². The SMILES string of the molecule is CC(Nc1nc(N)nc(N)c1Cl)c1nc2cc(F)cc(F)c2c(=O)n1-c1cc[nH]n1. The number of nitrogens with two attached hydrogens (primary N) is 2. The lowest BCUT2D eigenvalue weighted by molar-refractivity contribution is 0.589. The molecule has 3 aromatic heterocycles. The summed E-state index contributed by atoms with van der Waals surface area (Å²) in [5.41, 5.74) is 10.4. The van der Waals surface area contributed by atoms with E-state index in [0.29, 0.717) is 6.07 Å². The molecule has 0 saturated heterocycles. The van der Waals surface area contributed by atoms with Gasteiger partial charge in [-0.15, -0.1) is 0 Å². The second-order valence-corrected chi connectivity index (χ2v) is 6.70. The molecule has 0 fully saturated rings. The van der Waals surface area contributed by atoms with E-state index in [1.54, 1.807) is 6.92 Å². The number of nitrogens with zero attached hydrogens (tertiary/aromatic N) is 5. The van der Waals surface area contributed by atoms with Crippen molar-refractivity contribution in [2.24, 2.45) is 0 Å². The number of hydrogen-bond acceptors (Lipinski definition) is 8. The molecule has 0 saturated carbocycles. The van der Waals surface area contributed by atoms with Gasteiger partial charge >= 0.3 is 0 Å². The monoisotopic (exact) mass is 433 g/mol. The number of H-pyrrole nitrogens is 1. The molecule has 1 atom stereocenters. The van der Waals surface area contributed by atoms with Gasteiger partial charge in [-0.25, -0.2) is 18.3 Å². The molecule has 1 unspecified atom stereocenters. The summed E-state index contributed by atoms with van der Waals surface area (Å²) in [4.78, 5) is 25.1. The average Bonchev–Trinajstić information content (AvgIpc) is 3.18. The summed E-state index contributed by atoms with van der Waals surface area (Å²) in [6.07, 6.45) is 1.48. The van der Waals surface area contributed by atoms with Gasteiger partial charge < -0.3 is 16.8 Å². The smallest absolute Gasteiger partial charge is 0.270 e. The van der Waals surface area contributed by atoms with Crippen molar-refractivity contribution in [2.75, 3.05) is 16.8 Å². The standard InChI is InChI=1S/C17H14ClF2N9O/c1-6(24-14-12(18)13(21)26-17(22)27-14)15-25-9-5-7(19)4-8(20)11(9)16(30)29(15)10-2-3-23-28-10/h2-6H,1H3,(H,23,28)(H5,21,22,24,26,27). The molecule has 0 bridgehead atoms. The van der Waals surface area contributed by atoms with Crippen molar-refractivity contribution < 1.29 is 8.78 Å². The van der Waals surface area contributed by atoms with E-state index in [1.165, 1.54) is 12.3 Å². The second-order valence-electron chi connectivity index (χ2n) is 6.32. The van der Waals surface area contributed by atoms with Gasteiger partial charge in [0.1, 0.15) is 33.7 Å². The highest BCUT2D eigenvalue weighted by Gasteiger charge is 2.23. The third kappa shape index (κ3) is 3.26. The van der Waals surface area contributed by atoms with Crippen molar-refractivity contribution in [3.63, 3.8) is 0 Å². The maximum Gasteiger partial charge on any atom is 0.270 e. The highest BCUT2D eigenvalue weighted by molar-refractivity contribution is 6.35. The Bertz CT molecular complexity index is 1320. The van der Waals surface area contributed by atoms with Crippen LogP contribution in [0.1, 0.15) is 18.8 Å². The first-order valence-corrected chi connectivity index (χ1v) is 8.91. The first-order chi connectivity index (χ1) is 14.3. The minimum atomic E-state index is -1.03. The molecular formula is C17H14ClF2N9O. The van der Waals surface area contributed by atoms with Gasteiger partial charge in [-0.2, -0.15) is 15.1 Å². The summed E-state index contributed by atoms with van der Waals surface area (Å²) >= 11 is 6.13. The maximum atomic E-state index is 14.4. The van der Waals surface area contributed by atoms with Crippen molar-refractivity contribution in [3.8, 4) is 5.82 Å². The summed E-state index contributed by atoms with van der Waals surface area (Å²) in [5.74, 6) is -1.70. The van der Waals surface area contributed by atoms with Crippen molar-refractivity contribution >= 4 is 40.1 Å². The molecule has 3 heterocycles. The van der Waals surface area contributed by atoms with Crippen LogP contribution in [0.25, 0.3) is 16.7 Å². The van der Waals surface area contributed by atoms with Gasteiger partial charge in [-0.1, -0.05) is 11.6 Å². The molecule has 0 amide bonds. The number of hydrogen-bond donors (Lipinski definition) is 4. The average molecular weight is 434 g/mol. The number of halogens is 3. The van der Waals surface area contributed by atoms with Gasteiger partial charge in [-0.05, 0) is 6.92 Å². The van der Waals surface area contributed by atoms with Crippen LogP contribution in [0.5, 0.6) is 0 Å². The third-order valence-electron chi connectivity index (χ3n) is 4.27. The van der Waals surface area contributed by atoms with Crippen molar-refractivity contribution in [2.45, 2.75) is 13.0 Å². The van der Waals surface area contributed by atoms with Gasteiger partial charge in [0, 0.05) is 24.4 Å². The summed E-state index contributed by atoms with van der Waals surface area (Å²) in [7, 11) is 0. The number of aromatic amines is 1. The van der Waals surface area contributed by atoms with Crippen LogP contribution < -0.4 is 22.3 Å². The maximum absolute atomic E-state index is 14.4. The molecule has 0 aliphatic rings. The van der Waals surface area contributed by atoms with E-state index in [1.807, 2.05) is 0 Å². The first kappa shape index (κ1) is 19.5. The molecule has 154 valence electrons. The zero-order valence-corrected chi connectivity index (χ0v) is 16.1. The highest BCUT2D eigenvalue weighted by Crippen LogP contribution is 2.29. The van der Waals surface area contributed by atoms with E-state index in [-0.39, 0.29) is 45.2 Å². The molecule has 0 spiro atoms. The minimum absolute atomic E-state index is 0.0163. The van der Waals surface area contributed by atoms with Crippen molar-refractivity contribution in [3.05, 3.63) is 57.2 Å². The topological polar surface area (TPSA) is 153 Å². The molecule has 0 radical (unpaired) electrons. The normalized spacial score (nSPS) is 12.3. The minimum Gasteiger partial charge on any atom is -0.382 e. The predicted octanol–water partition coefficient (Wildman–Crippen LogP) is 2.17. The second kappa shape index (κ2) is 7.22. The van der Waals surface area contributed by atoms with Gasteiger partial charge in [0.2, 0.25) is 5.95 Å². The van der Waals surface area contributed by atoms with E-state index in [2.05, 4.69) is 30.5 Å². The van der Waals surface area contributed by atoms with Crippen LogP contribution in [-0.4, -0.2) is 29.7 Å². The lowest BCUT2D eigenvalue weighted by atomic mass is 10.2.